The number of nitrogens with zero attached hydrogens (tertiary/aromatic N) is 3. The molecule has 3 heterocycles. The summed E-state index contributed by atoms with van der Waals surface area (Å²) in [4.78, 5) is 21.1. The van der Waals surface area contributed by atoms with Gasteiger partial charge in [0.15, 0.2) is 5.65 Å². The number of aryl methyl sites for hydroxylation is 2. The molecule has 6 heteroatoms. The van der Waals surface area contributed by atoms with Gasteiger partial charge >= 0.3 is 0 Å². The molecule has 0 saturated heterocycles. The van der Waals surface area contributed by atoms with E-state index in [2.05, 4.69) is 60.7 Å². The van der Waals surface area contributed by atoms with E-state index < -0.39 is 0 Å². The fourth-order valence-corrected chi connectivity index (χ4v) is 7.75. The van der Waals surface area contributed by atoms with Crippen molar-refractivity contribution in [2.24, 2.45) is 0 Å². The zero-order valence-electron chi connectivity index (χ0n) is 19.6. The Balaban J connectivity index is 1.48. The molecule has 1 aliphatic rings. The van der Waals surface area contributed by atoms with Gasteiger partial charge in [-0.25, -0.2) is 4.98 Å². The highest BCUT2D eigenvalue weighted by Gasteiger charge is 2.24. The molecule has 0 radical (unpaired) electrons. The normalized spacial score (nSPS) is 13.6. The van der Waals surface area contributed by atoms with E-state index in [1.165, 1.54) is 28.0 Å². The van der Waals surface area contributed by atoms with E-state index in [1.54, 1.807) is 27.6 Å². The van der Waals surface area contributed by atoms with Crippen LogP contribution in [0.25, 0.3) is 26.6 Å². The number of rotatable bonds is 4. The second-order valence-electron chi connectivity index (χ2n) is 9.21. The molecule has 1 aliphatic carbocycles. The molecule has 0 bridgehead atoms. The minimum atomic E-state index is -0.0435. The molecular formula is C30H23N3OS2. The van der Waals surface area contributed by atoms with Gasteiger partial charge in [-0.1, -0.05) is 96.7 Å². The van der Waals surface area contributed by atoms with E-state index in [-0.39, 0.29) is 10.8 Å². The van der Waals surface area contributed by atoms with Crippen molar-refractivity contribution >= 4 is 49.7 Å². The largest absolute Gasteiger partial charge is 0.283 e. The van der Waals surface area contributed by atoms with Gasteiger partial charge < -0.3 is 0 Å². The first kappa shape index (κ1) is 21.8. The molecule has 3 aromatic carbocycles. The van der Waals surface area contributed by atoms with Crippen molar-refractivity contribution in [1.82, 2.24) is 14.6 Å². The Kier molecular flexibility index (Phi) is 5.37. The molecule has 6 aromatic rings. The van der Waals surface area contributed by atoms with Crippen LogP contribution in [0.3, 0.4) is 0 Å². The van der Waals surface area contributed by atoms with Gasteiger partial charge in [0.1, 0.15) is 9.86 Å². The van der Waals surface area contributed by atoms with Crippen molar-refractivity contribution in [2.75, 3.05) is 0 Å². The average molecular weight is 506 g/mol. The second kappa shape index (κ2) is 8.87. The molecule has 0 amide bonds. The molecule has 0 spiro atoms. The SMILES string of the molecule is O=c1c2c3c(sc2nc2c4ccccc4c(SC(c4ccccc4)c4ccccc4)nn12)CCCC3. The lowest BCUT2D eigenvalue weighted by Crippen LogP contribution is -2.19. The van der Waals surface area contributed by atoms with Gasteiger partial charge in [0.2, 0.25) is 0 Å². The standard InChI is InChI=1S/C30H23N3OS2/c34-30-25-23-17-9-10-18-24(23)35-29(25)31-27-21-15-7-8-16-22(21)28(32-33(27)30)36-26(19-11-3-1-4-12-19)20-13-5-2-6-14-20/h1-8,11-16,26H,9-10,17-18H2. The number of benzene rings is 3. The maximum atomic E-state index is 13.9. The molecule has 0 fully saturated rings. The molecule has 0 N–H and O–H groups in total. The summed E-state index contributed by atoms with van der Waals surface area (Å²) in [5.41, 5.74) is 4.20. The van der Waals surface area contributed by atoms with Crippen molar-refractivity contribution < 1.29 is 0 Å². The van der Waals surface area contributed by atoms with E-state index in [1.807, 2.05) is 24.3 Å². The van der Waals surface area contributed by atoms with Crippen LogP contribution in [0.15, 0.2) is 94.7 Å². The van der Waals surface area contributed by atoms with E-state index >= 15 is 0 Å². The van der Waals surface area contributed by atoms with Crippen LogP contribution in [-0.2, 0) is 12.8 Å². The lowest BCUT2D eigenvalue weighted by Gasteiger charge is -2.19. The Hall–Kier alpha value is -3.48. The number of thiophene rings is 1. The van der Waals surface area contributed by atoms with Crippen LogP contribution in [0.1, 0.15) is 39.7 Å². The topological polar surface area (TPSA) is 47.3 Å². The molecule has 36 heavy (non-hydrogen) atoms. The van der Waals surface area contributed by atoms with E-state index in [0.717, 1.165) is 45.3 Å². The maximum absolute atomic E-state index is 13.9. The predicted octanol–water partition coefficient (Wildman–Crippen LogP) is 7.22. The third kappa shape index (κ3) is 3.55. The number of thioether (sulfide) groups is 1. The first-order valence-electron chi connectivity index (χ1n) is 12.3. The summed E-state index contributed by atoms with van der Waals surface area (Å²) in [5.74, 6) is 0. The van der Waals surface area contributed by atoms with Crippen molar-refractivity contribution in [3.05, 3.63) is 117 Å². The number of aromatic nitrogens is 3. The lowest BCUT2D eigenvalue weighted by atomic mass is 9.97. The quantitative estimate of drug-likeness (QED) is 0.187. The van der Waals surface area contributed by atoms with Gasteiger partial charge in [-0.05, 0) is 42.4 Å². The molecule has 0 atom stereocenters. The summed E-state index contributed by atoms with van der Waals surface area (Å²) in [6.07, 6.45) is 4.31. The smallest absolute Gasteiger partial charge is 0.267 e. The zero-order valence-corrected chi connectivity index (χ0v) is 21.2. The van der Waals surface area contributed by atoms with E-state index in [4.69, 9.17) is 10.1 Å². The number of hydrogen-bond donors (Lipinski definition) is 0. The third-order valence-corrected chi connectivity index (χ3v) is 9.48. The first-order valence-corrected chi connectivity index (χ1v) is 14.0. The molecule has 3 aromatic heterocycles. The Bertz CT molecular complexity index is 1750. The summed E-state index contributed by atoms with van der Waals surface area (Å²) >= 11 is 3.38. The fourth-order valence-electron chi connectivity index (χ4n) is 5.26. The van der Waals surface area contributed by atoms with Crippen LogP contribution in [0, 0.1) is 0 Å². The van der Waals surface area contributed by atoms with Crippen LogP contribution < -0.4 is 5.56 Å². The summed E-state index contributed by atoms with van der Waals surface area (Å²) < 4.78 is 1.56. The van der Waals surface area contributed by atoms with Gasteiger partial charge in [0.25, 0.3) is 5.56 Å². The minimum absolute atomic E-state index is 0.0435. The Morgan fingerprint density at radius 3 is 2.17 bits per heavy atom. The van der Waals surface area contributed by atoms with Crippen molar-refractivity contribution in [3.63, 3.8) is 0 Å². The molecule has 7 rings (SSSR count). The van der Waals surface area contributed by atoms with E-state index in [0.29, 0.717) is 5.65 Å². The summed E-state index contributed by atoms with van der Waals surface area (Å²) in [5, 5.41) is 8.61. The van der Waals surface area contributed by atoms with Crippen molar-refractivity contribution in [2.45, 2.75) is 36.0 Å². The van der Waals surface area contributed by atoms with Crippen molar-refractivity contribution in [3.8, 4) is 0 Å². The highest BCUT2D eigenvalue weighted by Crippen LogP contribution is 2.42. The molecule has 0 saturated carbocycles. The Morgan fingerprint density at radius 1 is 0.806 bits per heavy atom. The highest BCUT2D eigenvalue weighted by molar-refractivity contribution is 7.99. The summed E-state index contributed by atoms with van der Waals surface area (Å²) in [6.45, 7) is 0. The van der Waals surface area contributed by atoms with Crippen molar-refractivity contribution in [1.29, 1.82) is 0 Å². The Labute approximate surface area is 216 Å². The lowest BCUT2D eigenvalue weighted by molar-refractivity contribution is 0.699. The van der Waals surface area contributed by atoms with Crippen LogP contribution in [0.4, 0.5) is 0 Å². The fraction of sp³-hybridized carbons (Fsp3) is 0.167. The minimum Gasteiger partial charge on any atom is -0.267 e. The van der Waals surface area contributed by atoms with Gasteiger partial charge in [0.05, 0.1) is 10.6 Å². The third-order valence-electron chi connectivity index (χ3n) is 6.99. The second-order valence-corrected chi connectivity index (χ2v) is 11.4. The number of hydrogen-bond acceptors (Lipinski definition) is 5. The maximum Gasteiger partial charge on any atom is 0.283 e. The van der Waals surface area contributed by atoms with Gasteiger partial charge in [-0.15, -0.1) is 11.3 Å². The Morgan fingerprint density at radius 2 is 1.44 bits per heavy atom. The average Bonchev–Trinajstić information content (AvgIpc) is 3.32. The first-order chi connectivity index (χ1) is 17.8. The van der Waals surface area contributed by atoms with Gasteiger partial charge in [0, 0.05) is 15.6 Å². The molecule has 0 unspecified atom stereocenters. The van der Waals surface area contributed by atoms with Crippen LogP contribution in [-0.4, -0.2) is 14.6 Å². The van der Waals surface area contributed by atoms with Crippen LogP contribution in [0.2, 0.25) is 0 Å². The summed E-state index contributed by atoms with van der Waals surface area (Å²) in [7, 11) is 0. The van der Waals surface area contributed by atoms with Crippen LogP contribution >= 0.6 is 23.1 Å². The molecular weight excluding hydrogens is 482 g/mol. The van der Waals surface area contributed by atoms with Gasteiger partial charge in [-0.2, -0.15) is 9.61 Å². The van der Waals surface area contributed by atoms with E-state index in [9.17, 15) is 4.79 Å². The van der Waals surface area contributed by atoms with Crippen LogP contribution in [0.5, 0.6) is 0 Å². The molecule has 4 nitrogen and oxygen atoms in total. The van der Waals surface area contributed by atoms with Gasteiger partial charge in [-0.3, -0.25) is 4.79 Å². The highest BCUT2D eigenvalue weighted by atomic mass is 32.2. The molecule has 0 aliphatic heterocycles. The monoisotopic (exact) mass is 505 g/mol. The predicted molar refractivity (Wildman–Crippen MR) is 149 cm³/mol. The zero-order chi connectivity index (χ0) is 24.1. The molecule has 176 valence electrons. The summed E-state index contributed by atoms with van der Waals surface area (Å²) in [6, 6.07) is 29.2. The number of fused-ring (bicyclic) bond motifs is 6.